The van der Waals surface area contributed by atoms with Crippen LogP contribution in [0.2, 0.25) is 0 Å². The van der Waals surface area contributed by atoms with Crippen molar-refractivity contribution in [3.63, 3.8) is 0 Å². The molecule has 0 unspecified atom stereocenters. The van der Waals surface area contributed by atoms with Gasteiger partial charge < -0.3 is 4.74 Å². The van der Waals surface area contributed by atoms with Crippen LogP contribution in [0.15, 0.2) is 40.9 Å². The molecule has 0 aliphatic heterocycles. The van der Waals surface area contributed by atoms with Gasteiger partial charge in [-0.05, 0) is 38.7 Å². The predicted octanol–water partition coefficient (Wildman–Crippen LogP) is 4.16. The normalized spacial score (nSPS) is 18.1. The number of ether oxygens (including phenoxy) is 1. The van der Waals surface area contributed by atoms with Crippen LogP contribution in [0.1, 0.15) is 48.6 Å². The molecule has 0 amide bonds. The lowest BCUT2D eigenvalue weighted by Gasteiger charge is -2.22. The first-order chi connectivity index (χ1) is 13.9. The zero-order chi connectivity index (χ0) is 20.7. The summed E-state index contributed by atoms with van der Waals surface area (Å²) in [6.07, 6.45) is 0.864. The van der Waals surface area contributed by atoms with Crippen LogP contribution in [0.5, 0.6) is 5.75 Å². The Morgan fingerprint density at radius 3 is 1.66 bits per heavy atom. The van der Waals surface area contributed by atoms with Gasteiger partial charge in [-0.1, -0.05) is 30.3 Å². The van der Waals surface area contributed by atoms with Crippen molar-refractivity contribution >= 4 is 39.1 Å². The lowest BCUT2D eigenvalue weighted by atomic mass is 9.81. The molecule has 0 atom stereocenters. The van der Waals surface area contributed by atoms with E-state index in [0.717, 1.165) is 0 Å². The van der Waals surface area contributed by atoms with Gasteiger partial charge >= 0.3 is 0 Å². The van der Waals surface area contributed by atoms with Crippen LogP contribution in [0.25, 0.3) is 11.1 Å². The first kappa shape index (κ1) is 19.7. The Hall–Kier alpha value is -2.60. The average molecular weight is 455 g/mol. The predicted molar refractivity (Wildman–Crippen MR) is 110 cm³/mol. The molecule has 0 spiro atoms. The van der Waals surface area contributed by atoms with Crippen LogP contribution in [0.3, 0.4) is 0 Å². The highest BCUT2D eigenvalue weighted by Gasteiger charge is 2.40. The van der Waals surface area contributed by atoms with E-state index < -0.39 is 11.8 Å². The quantitative estimate of drug-likeness (QED) is 0.648. The van der Waals surface area contributed by atoms with Crippen molar-refractivity contribution in [2.75, 3.05) is 7.11 Å². The number of methoxy groups -OCH3 is 1. The van der Waals surface area contributed by atoms with Crippen molar-refractivity contribution < 1.29 is 23.9 Å². The van der Waals surface area contributed by atoms with E-state index in [1.54, 1.807) is 37.4 Å². The second-order valence-electron chi connectivity index (χ2n) is 7.36. The van der Waals surface area contributed by atoms with Crippen LogP contribution in [-0.2, 0) is 19.2 Å². The van der Waals surface area contributed by atoms with Crippen LogP contribution in [-0.4, -0.2) is 30.2 Å². The van der Waals surface area contributed by atoms with E-state index in [1.165, 1.54) is 0 Å². The molecule has 0 bridgehead atoms. The summed E-state index contributed by atoms with van der Waals surface area (Å²) >= 11 is 3.56. The molecule has 0 heterocycles. The van der Waals surface area contributed by atoms with E-state index in [1.807, 2.05) is 6.07 Å². The minimum Gasteiger partial charge on any atom is -0.496 e. The van der Waals surface area contributed by atoms with E-state index in [0.29, 0.717) is 32.5 Å². The SMILES string of the molecule is COc1cccc(-c2c(C3C(=O)CCC3=O)cccc2C2C(=O)CCC2=O)c1Br. The fraction of sp³-hybridized carbons (Fsp3) is 0.304. The van der Waals surface area contributed by atoms with Gasteiger partial charge in [-0.25, -0.2) is 0 Å². The van der Waals surface area contributed by atoms with Crippen molar-refractivity contribution in [1.29, 1.82) is 0 Å². The highest BCUT2D eigenvalue weighted by atomic mass is 79.9. The molecule has 2 aromatic carbocycles. The molecule has 0 aromatic heterocycles. The van der Waals surface area contributed by atoms with E-state index in [2.05, 4.69) is 15.9 Å². The zero-order valence-electron chi connectivity index (χ0n) is 15.9. The molecule has 4 rings (SSSR count). The maximum atomic E-state index is 12.5. The Morgan fingerprint density at radius 1 is 0.759 bits per heavy atom. The summed E-state index contributed by atoms with van der Waals surface area (Å²) in [5, 5.41) is 0. The third-order valence-electron chi connectivity index (χ3n) is 5.73. The van der Waals surface area contributed by atoms with Crippen molar-refractivity contribution in [1.82, 2.24) is 0 Å². The van der Waals surface area contributed by atoms with Gasteiger partial charge in [0.2, 0.25) is 0 Å². The van der Waals surface area contributed by atoms with E-state index >= 15 is 0 Å². The highest BCUT2D eigenvalue weighted by molar-refractivity contribution is 9.10. The number of benzene rings is 2. The average Bonchev–Trinajstić information content (AvgIpc) is 3.22. The van der Waals surface area contributed by atoms with Gasteiger partial charge in [-0.3, -0.25) is 19.2 Å². The molecule has 2 fully saturated rings. The number of carbonyl (C=O) groups is 4. The lowest BCUT2D eigenvalue weighted by Crippen LogP contribution is -2.18. The summed E-state index contributed by atoms with van der Waals surface area (Å²) in [6.45, 7) is 0. The molecule has 0 N–H and O–H groups in total. The van der Waals surface area contributed by atoms with Gasteiger partial charge in [0.15, 0.2) is 0 Å². The third kappa shape index (κ3) is 3.25. The maximum absolute atomic E-state index is 12.5. The number of halogens is 1. The van der Waals surface area contributed by atoms with Gasteiger partial charge in [0.25, 0.3) is 0 Å². The molecule has 0 saturated heterocycles. The van der Waals surface area contributed by atoms with Crippen LogP contribution >= 0.6 is 15.9 Å². The Labute approximate surface area is 176 Å². The van der Waals surface area contributed by atoms with Crippen LogP contribution in [0.4, 0.5) is 0 Å². The van der Waals surface area contributed by atoms with Gasteiger partial charge in [0.1, 0.15) is 40.7 Å². The summed E-state index contributed by atoms with van der Waals surface area (Å²) in [6, 6.07) is 10.6. The Kier molecular flexibility index (Phi) is 5.21. The van der Waals surface area contributed by atoms with Gasteiger partial charge in [0.05, 0.1) is 11.6 Å². The maximum Gasteiger partial charge on any atom is 0.148 e. The molecule has 29 heavy (non-hydrogen) atoms. The summed E-state index contributed by atoms with van der Waals surface area (Å²) in [4.78, 5) is 50.2. The van der Waals surface area contributed by atoms with Gasteiger partial charge in [0, 0.05) is 31.2 Å². The summed E-state index contributed by atoms with van der Waals surface area (Å²) in [7, 11) is 1.55. The molecule has 2 aliphatic rings. The fourth-order valence-corrected chi connectivity index (χ4v) is 4.99. The lowest BCUT2D eigenvalue weighted by molar-refractivity contribution is -0.125. The number of rotatable bonds is 4. The van der Waals surface area contributed by atoms with E-state index in [9.17, 15) is 19.2 Å². The number of hydrogen-bond acceptors (Lipinski definition) is 5. The van der Waals surface area contributed by atoms with Crippen molar-refractivity contribution in [2.24, 2.45) is 0 Å². The molecule has 148 valence electrons. The molecule has 6 heteroatoms. The number of hydrogen-bond donors (Lipinski definition) is 0. The van der Waals surface area contributed by atoms with Crippen LogP contribution in [0, 0.1) is 0 Å². The number of Topliss-reactive ketones (excluding diaryl/α,β-unsaturated/α-hetero) is 4. The first-order valence-electron chi connectivity index (χ1n) is 9.50. The molecular formula is C23H19BrO5. The molecule has 5 nitrogen and oxygen atoms in total. The molecule has 2 aromatic rings. The largest absolute Gasteiger partial charge is 0.496 e. The van der Waals surface area contributed by atoms with Gasteiger partial charge in [-0.2, -0.15) is 0 Å². The molecule has 2 aliphatic carbocycles. The smallest absolute Gasteiger partial charge is 0.148 e. The number of ketones is 4. The van der Waals surface area contributed by atoms with Crippen molar-refractivity contribution in [2.45, 2.75) is 37.5 Å². The van der Waals surface area contributed by atoms with Crippen LogP contribution < -0.4 is 4.74 Å². The topological polar surface area (TPSA) is 77.5 Å². The zero-order valence-corrected chi connectivity index (χ0v) is 17.5. The molecule has 2 saturated carbocycles. The Bertz CT molecular complexity index is 969. The monoisotopic (exact) mass is 454 g/mol. The summed E-state index contributed by atoms with van der Waals surface area (Å²) in [5.41, 5.74) is 2.39. The first-order valence-corrected chi connectivity index (χ1v) is 10.3. The summed E-state index contributed by atoms with van der Waals surface area (Å²) in [5.74, 6) is -1.67. The van der Waals surface area contributed by atoms with E-state index in [-0.39, 0.29) is 48.8 Å². The summed E-state index contributed by atoms with van der Waals surface area (Å²) < 4.78 is 6.05. The minimum absolute atomic E-state index is 0.128. The second kappa shape index (κ2) is 7.67. The Morgan fingerprint density at radius 2 is 1.21 bits per heavy atom. The van der Waals surface area contributed by atoms with Crippen molar-refractivity contribution in [3.8, 4) is 16.9 Å². The molecular weight excluding hydrogens is 436 g/mol. The Balaban J connectivity index is 2.03. The fourth-order valence-electron chi connectivity index (χ4n) is 4.37. The minimum atomic E-state index is -0.866. The number of carbonyl (C=O) groups excluding carboxylic acids is 4. The van der Waals surface area contributed by atoms with E-state index in [4.69, 9.17) is 4.74 Å². The standard InChI is InChI=1S/C23H19BrO5/c1-29-19-7-3-6-14(23(19)24)20-12(21-15(25)8-9-16(21)26)4-2-5-13(20)22-17(27)10-11-18(22)28/h2-7,21-22H,8-11H2,1H3. The second-order valence-corrected chi connectivity index (χ2v) is 8.16. The van der Waals surface area contributed by atoms with Gasteiger partial charge in [-0.15, -0.1) is 0 Å². The van der Waals surface area contributed by atoms with Crippen molar-refractivity contribution in [3.05, 3.63) is 52.0 Å². The molecule has 0 radical (unpaired) electrons. The highest BCUT2D eigenvalue weighted by Crippen LogP contribution is 2.45. The third-order valence-corrected chi connectivity index (χ3v) is 6.54.